The first-order valence-corrected chi connectivity index (χ1v) is 9.61. The highest BCUT2D eigenvalue weighted by Crippen LogP contribution is 2.40. The van der Waals surface area contributed by atoms with Crippen LogP contribution in [-0.4, -0.2) is 42.1 Å². The smallest absolute Gasteiger partial charge is 0.224 e. The molecule has 2 N–H and O–H groups in total. The van der Waals surface area contributed by atoms with Crippen LogP contribution >= 0.6 is 15.9 Å². The van der Waals surface area contributed by atoms with E-state index >= 15 is 0 Å². The number of benzene rings is 1. The Balaban J connectivity index is 1.73. The Labute approximate surface area is 158 Å². The van der Waals surface area contributed by atoms with Crippen LogP contribution in [0.2, 0.25) is 0 Å². The number of nitrogens with zero attached hydrogens (tertiary/aromatic N) is 3. The lowest BCUT2D eigenvalue weighted by Gasteiger charge is -2.13. The fourth-order valence-corrected chi connectivity index (χ4v) is 3.24. The van der Waals surface area contributed by atoms with Crippen molar-refractivity contribution in [3.8, 4) is 0 Å². The molecule has 0 atom stereocenters. The van der Waals surface area contributed by atoms with Gasteiger partial charge in [-0.15, -0.1) is 0 Å². The summed E-state index contributed by atoms with van der Waals surface area (Å²) in [5.74, 6) is 2.15. The van der Waals surface area contributed by atoms with E-state index in [-0.39, 0.29) is 0 Å². The summed E-state index contributed by atoms with van der Waals surface area (Å²) in [5, 5.41) is 6.80. The summed E-state index contributed by atoms with van der Waals surface area (Å²) in [4.78, 5) is 11.5. The van der Waals surface area contributed by atoms with Gasteiger partial charge in [-0.3, -0.25) is 0 Å². The Hall–Kier alpha value is -1.66. The molecule has 0 spiro atoms. The summed E-state index contributed by atoms with van der Waals surface area (Å²) in [5.41, 5.74) is 3.38. The van der Waals surface area contributed by atoms with E-state index in [1.165, 1.54) is 18.4 Å². The van der Waals surface area contributed by atoms with Crippen molar-refractivity contribution in [1.82, 2.24) is 14.9 Å². The van der Waals surface area contributed by atoms with Crippen LogP contribution in [0, 0.1) is 6.92 Å². The number of anilines is 3. The molecule has 0 saturated heterocycles. The average Bonchev–Trinajstić information content (AvgIpc) is 3.39. The third-order valence-electron chi connectivity index (χ3n) is 4.19. The summed E-state index contributed by atoms with van der Waals surface area (Å²) in [6.45, 7) is 4.01. The van der Waals surface area contributed by atoms with E-state index in [1.54, 1.807) is 0 Å². The van der Waals surface area contributed by atoms with Crippen LogP contribution in [0.4, 0.5) is 17.5 Å². The van der Waals surface area contributed by atoms with E-state index in [0.29, 0.717) is 11.9 Å². The number of rotatable bonds is 8. The molecule has 1 aromatic heterocycles. The number of nitrogens with one attached hydrogen (secondary N) is 2. The van der Waals surface area contributed by atoms with Gasteiger partial charge in [-0.2, -0.15) is 4.98 Å². The molecule has 0 bridgehead atoms. The number of hydrogen-bond acceptors (Lipinski definition) is 5. The normalized spacial score (nSPS) is 14.0. The summed E-state index contributed by atoms with van der Waals surface area (Å²) in [6, 6.07) is 8.35. The fourth-order valence-electron chi connectivity index (χ4n) is 2.65. The van der Waals surface area contributed by atoms with E-state index < -0.39 is 0 Å². The Kier molecular flexibility index (Phi) is 5.91. The van der Waals surface area contributed by atoms with Crippen LogP contribution in [0.15, 0.2) is 28.7 Å². The minimum Gasteiger partial charge on any atom is -0.354 e. The van der Waals surface area contributed by atoms with Crippen molar-refractivity contribution in [1.29, 1.82) is 0 Å². The van der Waals surface area contributed by atoms with Crippen molar-refractivity contribution in [3.63, 3.8) is 0 Å². The SMILES string of the molecule is Cc1ccc(Nc2cc(C3CC3)nc(NCCCN(C)C)n2)c(Br)c1. The second kappa shape index (κ2) is 8.15. The molecule has 1 heterocycles. The molecule has 0 aliphatic heterocycles. The van der Waals surface area contributed by atoms with Gasteiger partial charge < -0.3 is 15.5 Å². The van der Waals surface area contributed by atoms with Gasteiger partial charge in [-0.05, 0) is 80.5 Å². The van der Waals surface area contributed by atoms with Crippen molar-refractivity contribution in [3.05, 3.63) is 40.0 Å². The van der Waals surface area contributed by atoms with E-state index in [0.717, 1.165) is 41.2 Å². The molecule has 2 aromatic rings. The largest absolute Gasteiger partial charge is 0.354 e. The van der Waals surface area contributed by atoms with Crippen LogP contribution in [0.1, 0.15) is 36.4 Å². The van der Waals surface area contributed by atoms with Gasteiger partial charge in [-0.1, -0.05) is 6.07 Å². The Morgan fingerprint density at radius 1 is 1.20 bits per heavy atom. The highest BCUT2D eigenvalue weighted by atomic mass is 79.9. The molecule has 134 valence electrons. The monoisotopic (exact) mass is 403 g/mol. The van der Waals surface area contributed by atoms with Gasteiger partial charge in [0.1, 0.15) is 5.82 Å². The van der Waals surface area contributed by atoms with Crippen molar-refractivity contribution in [2.45, 2.75) is 32.1 Å². The first-order valence-electron chi connectivity index (χ1n) is 8.82. The molecule has 1 aliphatic carbocycles. The van der Waals surface area contributed by atoms with Crippen molar-refractivity contribution < 1.29 is 0 Å². The summed E-state index contributed by atoms with van der Waals surface area (Å²) in [6.07, 6.45) is 3.52. The van der Waals surface area contributed by atoms with Gasteiger partial charge in [0.05, 0.1) is 11.4 Å². The zero-order valence-corrected chi connectivity index (χ0v) is 16.7. The lowest BCUT2D eigenvalue weighted by molar-refractivity contribution is 0.405. The van der Waals surface area contributed by atoms with Crippen LogP contribution in [-0.2, 0) is 0 Å². The van der Waals surface area contributed by atoms with Crippen LogP contribution in [0.3, 0.4) is 0 Å². The molecule has 0 radical (unpaired) electrons. The molecule has 0 amide bonds. The van der Waals surface area contributed by atoms with Crippen molar-refractivity contribution in [2.75, 3.05) is 37.8 Å². The highest BCUT2D eigenvalue weighted by molar-refractivity contribution is 9.10. The van der Waals surface area contributed by atoms with E-state index in [1.807, 2.05) is 0 Å². The lowest BCUT2D eigenvalue weighted by Crippen LogP contribution is -2.17. The first-order chi connectivity index (χ1) is 12.0. The molecule has 1 fully saturated rings. The minimum absolute atomic E-state index is 0.590. The molecule has 25 heavy (non-hydrogen) atoms. The number of hydrogen-bond donors (Lipinski definition) is 2. The molecule has 1 aliphatic rings. The van der Waals surface area contributed by atoms with Gasteiger partial charge >= 0.3 is 0 Å². The molecule has 3 rings (SSSR count). The molecular weight excluding hydrogens is 378 g/mol. The summed E-state index contributed by atoms with van der Waals surface area (Å²) < 4.78 is 1.04. The fraction of sp³-hybridized carbons (Fsp3) is 0.474. The maximum absolute atomic E-state index is 4.70. The molecule has 1 aromatic carbocycles. The van der Waals surface area contributed by atoms with Gasteiger partial charge in [-0.25, -0.2) is 4.98 Å². The topological polar surface area (TPSA) is 53.1 Å². The second-order valence-electron chi connectivity index (χ2n) is 6.97. The first kappa shape index (κ1) is 18.1. The molecule has 1 saturated carbocycles. The minimum atomic E-state index is 0.590. The maximum atomic E-state index is 4.70. The zero-order chi connectivity index (χ0) is 17.8. The highest BCUT2D eigenvalue weighted by Gasteiger charge is 2.26. The van der Waals surface area contributed by atoms with Crippen LogP contribution in [0.5, 0.6) is 0 Å². The van der Waals surface area contributed by atoms with Crippen LogP contribution in [0.25, 0.3) is 0 Å². The Bertz CT molecular complexity index is 728. The third kappa shape index (κ3) is 5.41. The van der Waals surface area contributed by atoms with E-state index in [2.05, 4.69) is 81.7 Å². The quantitative estimate of drug-likeness (QED) is 0.633. The Morgan fingerprint density at radius 3 is 2.68 bits per heavy atom. The zero-order valence-electron chi connectivity index (χ0n) is 15.1. The number of halogens is 1. The maximum Gasteiger partial charge on any atom is 0.224 e. The number of aryl methyl sites for hydroxylation is 1. The Morgan fingerprint density at radius 2 is 2.00 bits per heavy atom. The predicted octanol–water partition coefficient (Wildman–Crippen LogP) is 4.53. The third-order valence-corrected chi connectivity index (χ3v) is 4.85. The molecule has 5 nitrogen and oxygen atoms in total. The standard InChI is InChI=1S/C19H26BrN5/c1-13-5-8-16(15(20)11-13)22-18-12-17(14-6-7-14)23-19(24-18)21-9-4-10-25(2)3/h5,8,11-12,14H,4,6-7,9-10H2,1-3H3,(H2,21,22,23,24). The lowest BCUT2D eigenvalue weighted by atomic mass is 10.2. The van der Waals surface area contributed by atoms with Crippen molar-refractivity contribution >= 4 is 33.4 Å². The van der Waals surface area contributed by atoms with Crippen molar-refractivity contribution in [2.24, 2.45) is 0 Å². The van der Waals surface area contributed by atoms with E-state index in [4.69, 9.17) is 4.98 Å². The molecule has 6 heteroatoms. The van der Waals surface area contributed by atoms with E-state index in [9.17, 15) is 0 Å². The summed E-state index contributed by atoms with van der Waals surface area (Å²) in [7, 11) is 4.18. The van der Waals surface area contributed by atoms with Gasteiger partial charge in [0.2, 0.25) is 5.95 Å². The van der Waals surface area contributed by atoms with Gasteiger partial charge in [0.25, 0.3) is 0 Å². The predicted molar refractivity (Wildman–Crippen MR) is 108 cm³/mol. The second-order valence-corrected chi connectivity index (χ2v) is 7.82. The molecule has 0 unspecified atom stereocenters. The van der Waals surface area contributed by atoms with Gasteiger partial charge in [0.15, 0.2) is 0 Å². The van der Waals surface area contributed by atoms with Gasteiger partial charge in [0, 0.05) is 23.0 Å². The summed E-state index contributed by atoms with van der Waals surface area (Å²) >= 11 is 3.62. The number of aromatic nitrogens is 2. The van der Waals surface area contributed by atoms with Crippen LogP contribution < -0.4 is 10.6 Å². The molecular formula is C19H26BrN5. The average molecular weight is 404 g/mol.